The molecule has 73 heavy (non-hydrogen) atoms. The van der Waals surface area contributed by atoms with Crippen molar-refractivity contribution in [3.63, 3.8) is 0 Å². The van der Waals surface area contributed by atoms with Crippen LogP contribution >= 0.6 is 0 Å². The zero-order chi connectivity index (χ0) is 48.0. The topological polar surface area (TPSA) is 8.17 Å². The second-order valence-electron chi connectivity index (χ2n) is 19.9. The summed E-state index contributed by atoms with van der Waals surface area (Å²) in [5, 5.41) is 5.13. The van der Waals surface area contributed by atoms with Gasteiger partial charge in [-0.3, -0.25) is 0 Å². The van der Waals surface area contributed by atoms with Gasteiger partial charge in [0.2, 0.25) is 0 Å². The van der Waals surface area contributed by atoms with Crippen molar-refractivity contribution in [2.75, 3.05) is 4.90 Å². The highest BCUT2D eigenvalue weighted by Gasteiger charge is 2.53. The molecule has 0 saturated carbocycles. The first-order chi connectivity index (χ1) is 36.2. The molecule has 2 atom stereocenters. The monoisotopic (exact) mass is 928 g/mol. The van der Waals surface area contributed by atoms with Crippen LogP contribution in [-0.4, -0.2) is 4.57 Å². The van der Waals surface area contributed by atoms with Crippen molar-refractivity contribution in [3.05, 3.63) is 307 Å². The lowest BCUT2D eigenvalue weighted by Gasteiger charge is -2.35. The molecule has 11 aromatic carbocycles. The maximum atomic E-state index is 2.49. The fourth-order valence-corrected chi connectivity index (χ4v) is 13.1. The molecule has 2 unspecified atom stereocenters. The van der Waals surface area contributed by atoms with E-state index in [4.69, 9.17) is 0 Å². The summed E-state index contributed by atoms with van der Waals surface area (Å²) in [5.74, 6) is 0.122. The van der Waals surface area contributed by atoms with Gasteiger partial charge in [-0.25, -0.2) is 0 Å². The Labute approximate surface area is 425 Å². The summed E-state index contributed by atoms with van der Waals surface area (Å²) < 4.78 is 2.38. The largest absolute Gasteiger partial charge is 0.314 e. The zero-order valence-corrected chi connectivity index (χ0v) is 40.2. The normalized spacial score (nSPS) is 16.1. The minimum atomic E-state index is -0.460. The molecular weight excluding hydrogens is 881 g/mol. The van der Waals surface area contributed by atoms with Gasteiger partial charge < -0.3 is 9.47 Å². The SMILES string of the molecule is C1=CC(c2cccc3c2C2(c4ccccc4-3)c3ccccc3-c3c2ccc2ccccc32)CC(N(c2ccc(-c3ccccc3)cc2)c2ccc(-c3ccc(-n4c5ccccc5c5ccccc54)cc3)cc2)=C1. The fourth-order valence-electron chi connectivity index (χ4n) is 13.1. The van der Waals surface area contributed by atoms with Crippen molar-refractivity contribution < 1.29 is 0 Å². The third kappa shape index (κ3) is 6.24. The lowest BCUT2D eigenvalue weighted by atomic mass is 9.67. The Balaban J connectivity index is 0.827. The lowest BCUT2D eigenvalue weighted by Crippen LogP contribution is -2.28. The van der Waals surface area contributed by atoms with Crippen molar-refractivity contribution >= 4 is 44.0 Å². The van der Waals surface area contributed by atoms with Gasteiger partial charge in [-0.2, -0.15) is 0 Å². The molecule has 342 valence electrons. The first kappa shape index (κ1) is 41.5. The van der Waals surface area contributed by atoms with Crippen LogP contribution in [0.1, 0.15) is 40.2 Å². The Hall–Kier alpha value is -9.24. The summed E-state index contributed by atoms with van der Waals surface area (Å²) in [6, 6.07) is 94.7. The van der Waals surface area contributed by atoms with E-state index in [9.17, 15) is 0 Å². The van der Waals surface area contributed by atoms with Crippen molar-refractivity contribution in [1.29, 1.82) is 0 Å². The molecule has 0 radical (unpaired) electrons. The van der Waals surface area contributed by atoms with Crippen LogP contribution in [0.3, 0.4) is 0 Å². The molecule has 0 fully saturated rings. The summed E-state index contributed by atoms with van der Waals surface area (Å²) in [7, 11) is 0. The molecule has 0 bridgehead atoms. The Morgan fingerprint density at radius 1 is 0.397 bits per heavy atom. The van der Waals surface area contributed by atoms with E-state index in [0.29, 0.717) is 0 Å². The van der Waals surface area contributed by atoms with E-state index in [0.717, 1.165) is 23.5 Å². The molecule has 2 nitrogen and oxygen atoms in total. The van der Waals surface area contributed by atoms with Gasteiger partial charge in [0.1, 0.15) is 0 Å². The summed E-state index contributed by atoms with van der Waals surface area (Å²) in [4.78, 5) is 2.49. The highest BCUT2D eigenvalue weighted by atomic mass is 15.1. The van der Waals surface area contributed by atoms with Gasteiger partial charge in [0.05, 0.1) is 16.4 Å². The predicted octanol–water partition coefficient (Wildman–Crippen LogP) is 18.4. The van der Waals surface area contributed by atoms with Crippen LogP contribution in [0.4, 0.5) is 11.4 Å². The van der Waals surface area contributed by atoms with Crippen molar-refractivity contribution in [2.24, 2.45) is 0 Å². The summed E-state index contributed by atoms with van der Waals surface area (Å²) >= 11 is 0. The van der Waals surface area contributed by atoms with Crippen LogP contribution in [-0.2, 0) is 5.41 Å². The number of para-hydroxylation sites is 2. The summed E-state index contributed by atoms with van der Waals surface area (Å²) in [5.41, 5.74) is 23.7. The highest BCUT2D eigenvalue weighted by molar-refractivity contribution is 6.09. The van der Waals surface area contributed by atoms with E-state index in [2.05, 4.69) is 282 Å². The van der Waals surface area contributed by atoms with Gasteiger partial charge in [0.25, 0.3) is 0 Å². The number of aromatic nitrogens is 1. The number of allylic oxidation sites excluding steroid dienone is 4. The van der Waals surface area contributed by atoms with Crippen LogP contribution < -0.4 is 4.90 Å². The van der Waals surface area contributed by atoms with Crippen molar-refractivity contribution in [1.82, 2.24) is 4.57 Å². The number of benzene rings is 11. The van der Waals surface area contributed by atoms with Crippen LogP contribution in [0.25, 0.3) is 82.8 Å². The van der Waals surface area contributed by atoms with Crippen LogP contribution in [0.5, 0.6) is 0 Å². The zero-order valence-electron chi connectivity index (χ0n) is 40.2. The summed E-state index contributed by atoms with van der Waals surface area (Å²) in [6.45, 7) is 0. The Morgan fingerprint density at radius 2 is 0.932 bits per heavy atom. The molecule has 12 aromatic rings. The fraction of sp³-hybridized carbons (Fsp3) is 0.0423. The number of hydrogen-bond acceptors (Lipinski definition) is 1. The first-order valence-corrected chi connectivity index (χ1v) is 25.6. The molecule has 0 N–H and O–H groups in total. The highest BCUT2D eigenvalue weighted by Crippen LogP contribution is 2.65. The Kier molecular flexibility index (Phi) is 9.34. The molecule has 3 aliphatic carbocycles. The minimum absolute atomic E-state index is 0.122. The number of nitrogens with zero attached hydrogens (tertiary/aromatic N) is 2. The third-order valence-electron chi connectivity index (χ3n) is 16.2. The average molecular weight is 929 g/mol. The van der Waals surface area contributed by atoms with Crippen LogP contribution in [0, 0.1) is 0 Å². The van der Waals surface area contributed by atoms with Gasteiger partial charge in [0, 0.05) is 39.4 Å². The van der Waals surface area contributed by atoms with E-state index in [1.54, 1.807) is 0 Å². The Morgan fingerprint density at radius 3 is 1.62 bits per heavy atom. The van der Waals surface area contributed by atoms with Crippen LogP contribution in [0.2, 0.25) is 0 Å². The molecule has 1 heterocycles. The molecule has 3 aliphatic rings. The number of hydrogen-bond donors (Lipinski definition) is 0. The number of anilines is 2. The van der Waals surface area contributed by atoms with E-state index in [1.807, 2.05) is 0 Å². The van der Waals surface area contributed by atoms with Crippen molar-refractivity contribution in [2.45, 2.75) is 17.8 Å². The van der Waals surface area contributed by atoms with E-state index < -0.39 is 5.41 Å². The van der Waals surface area contributed by atoms with Gasteiger partial charge in [-0.05, 0) is 144 Å². The first-order valence-electron chi connectivity index (χ1n) is 25.6. The minimum Gasteiger partial charge on any atom is -0.314 e. The standard InChI is InChI=1S/C71H48N2/c1-2-16-47(17-3-1)48-32-39-53(40-33-48)72(54-41-34-49(35-42-54)50-36-43-55(44-37-50)73-67-30-12-8-23-60(67)61-24-9-13-31-68(61)73)56-20-14-19-52(46-56)58-26-15-27-62-59-22-6-10-28-64(59)71(70(58)62)65-29-11-7-25-63(65)69-57-21-5-4-18-51(57)38-45-66(69)71/h1-45,52H,46H2. The van der Waals surface area contributed by atoms with Gasteiger partial charge in [-0.1, -0.05) is 218 Å². The molecule has 1 aromatic heterocycles. The molecule has 0 saturated heterocycles. The predicted molar refractivity (Wildman–Crippen MR) is 305 cm³/mol. The summed E-state index contributed by atoms with van der Waals surface area (Å²) in [6.07, 6.45) is 7.92. The second-order valence-corrected chi connectivity index (χ2v) is 19.9. The maximum absolute atomic E-state index is 2.49. The van der Waals surface area contributed by atoms with E-state index in [1.165, 1.54) is 111 Å². The van der Waals surface area contributed by atoms with E-state index >= 15 is 0 Å². The molecular formula is C71H48N2. The maximum Gasteiger partial charge on any atom is 0.0728 e. The molecule has 0 aliphatic heterocycles. The average Bonchev–Trinajstić information content (AvgIpc) is 4.10. The molecule has 1 spiro atoms. The molecule has 2 heteroatoms. The van der Waals surface area contributed by atoms with Gasteiger partial charge >= 0.3 is 0 Å². The second kappa shape index (κ2) is 16.4. The van der Waals surface area contributed by atoms with E-state index in [-0.39, 0.29) is 5.92 Å². The number of rotatable bonds is 7. The third-order valence-corrected chi connectivity index (χ3v) is 16.2. The quantitative estimate of drug-likeness (QED) is 0.155. The molecule has 0 amide bonds. The molecule has 15 rings (SSSR count). The van der Waals surface area contributed by atoms with Gasteiger partial charge in [-0.15, -0.1) is 0 Å². The number of fused-ring (bicyclic) bond motifs is 15. The van der Waals surface area contributed by atoms with Crippen LogP contribution in [0.15, 0.2) is 279 Å². The van der Waals surface area contributed by atoms with Gasteiger partial charge in [0.15, 0.2) is 0 Å². The lowest BCUT2D eigenvalue weighted by molar-refractivity contribution is 0.734. The Bertz CT molecular complexity index is 4160. The smallest absolute Gasteiger partial charge is 0.0728 e. The van der Waals surface area contributed by atoms with Crippen molar-refractivity contribution in [3.8, 4) is 50.2 Å².